The van der Waals surface area contributed by atoms with Gasteiger partial charge in [0.15, 0.2) is 0 Å². The maximum Gasteiger partial charge on any atom is 0.328 e. The quantitative estimate of drug-likeness (QED) is 0.602. The van der Waals surface area contributed by atoms with Crippen LogP contribution >= 0.6 is 15.9 Å². The van der Waals surface area contributed by atoms with Crippen LogP contribution in [0.1, 0.15) is 18.5 Å². The molecule has 2 aromatic heterocycles. The van der Waals surface area contributed by atoms with E-state index in [1.807, 2.05) is 24.4 Å². The number of hydrogen-bond donors (Lipinski definition) is 2. The van der Waals surface area contributed by atoms with Crippen LogP contribution in [-0.2, 0) is 20.7 Å². The highest BCUT2D eigenvalue weighted by Crippen LogP contribution is 2.24. The fourth-order valence-electron chi connectivity index (χ4n) is 2.80. The number of methoxy groups -OCH3 is 1. The molecule has 8 heteroatoms. The number of imidazole rings is 1. The van der Waals surface area contributed by atoms with Gasteiger partial charge in [0.05, 0.1) is 13.4 Å². The van der Waals surface area contributed by atoms with Crippen molar-refractivity contribution in [3.63, 3.8) is 0 Å². The van der Waals surface area contributed by atoms with Crippen LogP contribution in [0, 0.1) is 0 Å². The maximum absolute atomic E-state index is 12.5. The molecule has 0 saturated heterocycles. The molecule has 136 valence electrons. The fourth-order valence-corrected chi connectivity index (χ4v) is 3.16. The molecule has 3 aromatic rings. The smallest absolute Gasteiger partial charge is 0.328 e. The molecule has 0 spiro atoms. The zero-order valence-corrected chi connectivity index (χ0v) is 16.0. The molecule has 0 radical (unpaired) electrons. The van der Waals surface area contributed by atoms with Crippen LogP contribution in [0.4, 0.5) is 0 Å². The minimum atomic E-state index is -0.781. The summed E-state index contributed by atoms with van der Waals surface area (Å²) in [6.07, 6.45) is 7.04. The molecule has 1 aromatic carbocycles. The Kier molecular flexibility index (Phi) is 5.41. The number of nitrogens with zero attached hydrogens (tertiary/aromatic N) is 2. The number of amides is 1. The monoisotopic (exact) mass is 418 g/mol. The third-order valence-electron chi connectivity index (χ3n) is 4.31. The van der Waals surface area contributed by atoms with Crippen LogP contribution in [0.5, 0.6) is 0 Å². The Morgan fingerprint density at radius 3 is 2.92 bits per heavy atom. The van der Waals surface area contributed by atoms with Gasteiger partial charge in [-0.05, 0) is 30.7 Å². The number of hydrogen-bond acceptors (Lipinski definition) is 4. The van der Waals surface area contributed by atoms with Crippen LogP contribution in [0.2, 0.25) is 0 Å². The zero-order valence-electron chi connectivity index (χ0n) is 14.4. The second kappa shape index (κ2) is 7.74. The van der Waals surface area contributed by atoms with Gasteiger partial charge in [0.1, 0.15) is 12.1 Å². The van der Waals surface area contributed by atoms with E-state index in [1.165, 1.54) is 7.11 Å². The Balaban J connectivity index is 1.80. The lowest BCUT2D eigenvalue weighted by atomic mass is 10.0. The summed E-state index contributed by atoms with van der Waals surface area (Å²) in [6.45, 7) is 1.74. The van der Waals surface area contributed by atoms with Crippen LogP contribution in [-0.4, -0.2) is 39.6 Å². The van der Waals surface area contributed by atoms with E-state index in [2.05, 4.69) is 31.2 Å². The van der Waals surface area contributed by atoms with Crippen molar-refractivity contribution in [2.24, 2.45) is 0 Å². The predicted octanol–water partition coefficient (Wildman–Crippen LogP) is 2.59. The van der Waals surface area contributed by atoms with Gasteiger partial charge < -0.3 is 19.6 Å². The van der Waals surface area contributed by atoms with Crippen molar-refractivity contribution in [1.29, 1.82) is 0 Å². The van der Waals surface area contributed by atoms with Crippen LogP contribution < -0.4 is 5.32 Å². The van der Waals surface area contributed by atoms with Crippen molar-refractivity contribution in [3.8, 4) is 0 Å². The van der Waals surface area contributed by atoms with Gasteiger partial charge in [-0.15, -0.1) is 0 Å². The molecule has 0 aliphatic heterocycles. The SMILES string of the molecule is COC(=O)[C@H](Cc1c[nH]c2ccc(Br)cc12)NC(=O)[C@@H](C)n1ccnc1. The lowest BCUT2D eigenvalue weighted by Crippen LogP contribution is -2.45. The summed E-state index contributed by atoms with van der Waals surface area (Å²) in [5.41, 5.74) is 1.89. The number of halogens is 1. The van der Waals surface area contributed by atoms with Gasteiger partial charge in [0.2, 0.25) is 5.91 Å². The van der Waals surface area contributed by atoms with E-state index < -0.39 is 18.1 Å². The molecule has 2 atom stereocenters. The van der Waals surface area contributed by atoms with Gasteiger partial charge in [-0.2, -0.15) is 0 Å². The Hall–Kier alpha value is -2.61. The van der Waals surface area contributed by atoms with Crippen molar-refractivity contribution in [2.45, 2.75) is 25.4 Å². The highest BCUT2D eigenvalue weighted by Gasteiger charge is 2.26. The van der Waals surface area contributed by atoms with E-state index in [1.54, 1.807) is 30.2 Å². The van der Waals surface area contributed by atoms with Crippen LogP contribution in [0.3, 0.4) is 0 Å². The van der Waals surface area contributed by atoms with E-state index in [4.69, 9.17) is 4.74 Å². The van der Waals surface area contributed by atoms with Crippen LogP contribution in [0.25, 0.3) is 10.9 Å². The number of rotatable bonds is 6. The normalized spacial score (nSPS) is 13.3. The van der Waals surface area contributed by atoms with Gasteiger partial charge in [-0.25, -0.2) is 9.78 Å². The Morgan fingerprint density at radius 1 is 1.42 bits per heavy atom. The molecule has 3 rings (SSSR count). The minimum Gasteiger partial charge on any atom is -0.467 e. The second-order valence-electron chi connectivity index (χ2n) is 5.98. The fraction of sp³-hybridized carbons (Fsp3) is 0.278. The summed E-state index contributed by atoms with van der Waals surface area (Å²) in [7, 11) is 1.31. The van der Waals surface area contributed by atoms with Gasteiger partial charge in [0.25, 0.3) is 0 Å². The first-order valence-electron chi connectivity index (χ1n) is 8.10. The predicted molar refractivity (Wildman–Crippen MR) is 101 cm³/mol. The lowest BCUT2D eigenvalue weighted by Gasteiger charge is -2.19. The van der Waals surface area contributed by atoms with E-state index in [0.717, 1.165) is 20.9 Å². The van der Waals surface area contributed by atoms with Gasteiger partial charge in [-0.3, -0.25) is 4.79 Å². The van der Waals surface area contributed by atoms with E-state index in [0.29, 0.717) is 6.42 Å². The molecular weight excluding hydrogens is 400 g/mol. The molecule has 0 aliphatic carbocycles. The number of benzene rings is 1. The van der Waals surface area contributed by atoms with E-state index in [9.17, 15) is 9.59 Å². The lowest BCUT2D eigenvalue weighted by molar-refractivity contribution is -0.145. The molecule has 26 heavy (non-hydrogen) atoms. The summed E-state index contributed by atoms with van der Waals surface area (Å²) in [6, 6.07) is 4.61. The largest absolute Gasteiger partial charge is 0.467 e. The van der Waals surface area contributed by atoms with Crippen molar-refractivity contribution in [1.82, 2.24) is 19.9 Å². The van der Waals surface area contributed by atoms with Crippen molar-refractivity contribution >= 4 is 38.7 Å². The number of carbonyl (C=O) groups is 2. The summed E-state index contributed by atoms with van der Waals surface area (Å²) in [4.78, 5) is 31.9. The second-order valence-corrected chi connectivity index (χ2v) is 6.89. The molecule has 0 bridgehead atoms. The molecule has 0 aliphatic rings. The highest BCUT2D eigenvalue weighted by atomic mass is 79.9. The highest BCUT2D eigenvalue weighted by molar-refractivity contribution is 9.10. The third kappa shape index (κ3) is 3.80. The first-order valence-corrected chi connectivity index (χ1v) is 8.90. The summed E-state index contributed by atoms with van der Waals surface area (Å²) >= 11 is 3.46. The number of ether oxygens (including phenoxy) is 1. The van der Waals surface area contributed by atoms with Crippen LogP contribution in [0.15, 0.2) is 47.6 Å². The molecule has 2 heterocycles. The average Bonchev–Trinajstić information content (AvgIpc) is 3.30. The number of nitrogens with one attached hydrogen (secondary N) is 2. The topological polar surface area (TPSA) is 89.0 Å². The van der Waals surface area contributed by atoms with Gasteiger partial charge in [-0.1, -0.05) is 15.9 Å². The summed E-state index contributed by atoms with van der Waals surface area (Å²) in [5.74, 6) is -0.764. The van der Waals surface area contributed by atoms with Crippen molar-refractivity contribution in [3.05, 3.63) is 53.2 Å². The molecular formula is C18H19BrN4O3. The molecule has 7 nitrogen and oxygen atoms in total. The van der Waals surface area contributed by atoms with E-state index >= 15 is 0 Å². The van der Waals surface area contributed by atoms with Gasteiger partial charge >= 0.3 is 5.97 Å². The molecule has 0 unspecified atom stereocenters. The molecule has 2 N–H and O–H groups in total. The van der Waals surface area contributed by atoms with Gasteiger partial charge in [0, 0.05) is 40.4 Å². The first-order chi connectivity index (χ1) is 12.5. The van der Waals surface area contributed by atoms with Crippen molar-refractivity contribution < 1.29 is 14.3 Å². The van der Waals surface area contributed by atoms with E-state index in [-0.39, 0.29) is 5.91 Å². The number of H-pyrrole nitrogens is 1. The average molecular weight is 419 g/mol. The zero-order chi connectivity index (χ0) is 18.7. The standard InChI is InChI=1S/C18H19BrN4O3/c1-11(23-6-5-20-10-23)17(24)22-16(18(25)26-2)7-12-9-21-15-4-3-13(19)8-14(12)15/h3-6,8-11,16,21H,7H2,1-2H3,(H,22,24)/t11-,16+/m1/s1. The van der Waals surface area contributed by atoms with Crippen molar-refractivity contribution in [2.75, 3.05) is 7.11 Å². The molecule has 0 saturated carbocycles. The summed E-state index contributed by atoms with van der Waals surface area (Å²) < 4.78 is 7.49. The number of aromatic amines is 1. The number of aromatic nitrogens is 3. The molecule has 0 fully saturated rings. The Morgan fingerprint density at radius 2 is 2.23 bits per heavy atom. The number of esters is 1. The third-order valence-corrected chi connectivity index (χ3v) is 4.80. The molecule has 1 amide bonds. The Labute approximate surface area is 158 Å². The Bertz CT molecular complexity index is 920. The number of fused-ring (bicyclic) bond motifs is 1. The number of carbonyl (C=O) groups excluding carboxylic acids is 2. The summed E-state index contributed by atoms with van der Waals surface area (Å²) in [5, 5.41) is 3.78. The maximum atomic E-state index is 12.5. The first kappa shape index (κ1) is 18.2. The minimum absolute atomic E-state index is 0.278.